The van der Waals surface area contributed by atoms with Crippen molar-refractivity contribution in [2.45, 2.75) is 31.0 Å². The Balaban J connectivity index is 1.50. The molecular formula is C17H22N6OS. The van der Waals surface area contributed by atoms with Gasteiger partial charge in [0.1, 0.15) is 5.75 Å². The summed E-state index contributed by atoms with van der Waals surface area (Å²) in [6.07, 6.45) is 7.16. The minimum Gasteiger partial charge on any atom is -0.496 e. The molecule has 0 aliphatic rings. The molecule has 0 saturated carbocycles. The predicted octanol–water partition coefficient (Wildman–Crippen LogP) is 2.83. The zero-order chi connectivity index (χ0) is 17.5. The van der Waals surface area contributed by atoms with Gasteiger partial charge < -0.3 is 10.6 Å². The molecule has 132 valence electrons. The largest absolute Gasteiger partial charge is 0.496 e. The van der Waals surface area contributed by atoms with Crippen LogP contribution in [0.5, 0.6) is 5.75 Å². The summed E-state index contributed by atoms with van der Waals surface area (Å²) in [5, 5.41) is 13.3. The number of para-hydroxylation sites is 1. The Hall–Kier alpha value is -2.48. The van der Waals surface area contributed by atoms with E-state index in [1.807, 2.05) is 47.4 Å². The molecule has 0 bridgehead atoms. The van der Waals surface area contributed by atoms with Gasteiger partial charge in [-0.3, -0.25) is 4.68 Å². The van der Waals surface area contributed by atoms with Crippen molar-refractivity contribution in [3.8, 4) is 17.1 Å². The number of nitrogens with two attached hydrogens (primary N) is 1. The molecule has 0 unspecified atom stereocenters. The lowest BCUT2D eigenvalue weighted by molar-refractivity contribution is 0.416. The molecular weight excluding hydrogens is 336 g/mol. The molecule has 0 aliphatic carbocycles. The van der Waals surface area contributed by atoms with E-state index in [0.29, 0.717) is 11.0 Å². The van der Waals surface area contributed by atoms with Gasteiger partial charge in [0.05, 0.1) is 12.7 Å². The van der Waals surface area contributed by atoms with Crippen molar-refractivity contribution in [3.05, 3.63) is 42.7 Å². The number of thioether (sulfide) groups is 1. The maximum atomic E-state index is 6.17. The van der Waals surface area contributed by atoms with Gasteiger partial charge in [0.15, 0.2) is 5.82 Å². The third kappa shape index (κ3) is 4.33. The van der Waals surface area contributed by atoms with E-state index in [1.54, 1.807) is 18.9 Å². The predicted molar refractivity (Wildman–Crippen MR) is 99.0 cm³/mol. The zero-order valence-electron chi connectivity index (χ0n) is 14.2. The lowest BCUT2D eigenvalue weighted by atomic mass is 10.2. The standard InChI is InChI=1S/C17H22N6OS/c1-24-15-9-4-3-8-14(15)16-20-21-17(23(16)18)25-13-6-2-5-11-22-12-7-10-19-22/h3-4,7-10,12H,2,5-6,11,13,18H2,1H3. The number of nitrogen functional groups attached to an aromatic ring is 1. The van der Waals surface area contributed by atoms with Crippen molar-refractivity contribution in [2.24, 2.45) is 0 Å². The highest BCUT2D eigenvalue weighted by Gasteiger charge is 2.15. The highest BCUT2D eigenvalue weighted by atomic mass is 32.2. The lowest BCUT2D eigenvalue weighted by Crippen LogP contribution is -2.12. The molecule has 8 heteroatoms. The van der Waals surface area contributed by atoms with Crippen LogP contribution in [-0.2, 0) is 6.54 Å². The van der Waals surface area contributed by atoms with Gasteiger partial charge in [-0.25, -0.2) is 4.68 Å². The molecule has 7 nitrogen and oxygen atoms in total. The molecule has 0 fully saturated rings. The van der Waals surface area contributed by atoms with Crippen LogP contribution >= 0.6 is 11.8 Å². The van der Waals surface area contributed by atoms with E-state index in [9.17, 15) is 0 Å². The molecule has 3 rings (SSSR count). The first-order chi connectivity index (χ1) is 12.3. The Morgan fingerprint density at radius 3 is 2.80 bits per heavy atom. The van der Waals surface area contributed by atoms with Gasteiger partial charge in [-0.1, -0.05) is 30.3 Å². The van der Waals surface area contributed by atoms with Gasteiger partial charge in [-0.05, 0) is 31.0 Å². The minimum atomic E-state index is 0.610. The fourth-order valence-corrected chi connectivity index (χ4v) is 3.39. The normalized spacial score (nSPS) is 10.9. The Morgan fingerprint density at radius 1 is 1.12 bits per heavy atom. The number of nitrogens with zero attached hydrogens (tertiary/aromatic N) is 5. The second kappa shape index (κ2) is 8.57. The average molecular weight is 358 g/mol. The average Bonchev–Trinajstić information content (AvgIpc) is 3.28. The van der Waals surface area contributed by atoms with Gasteiger partial charge in [-0.15, -0.1) is 10.2 Å². The number of hydrogen-bond acceptors (Lipinski definition) is 6. The molecule has 0 aliphatic heterocycles. The molecule has 0 amide bonds. The van der Waals surface area contributed by atoms with Crippen molar-refractivity contribution in [2.75, 3.05) is 18.7 Å². The first kappa shape index (κ1) is 17.3. The molecule has 0 saturated heterocycles. The molecule has 0 spiro atoms. The summed E-state index contributed by atoms with van der Waals surface area (Å²) in [5.41, 5.74) is 0.839. The smallest absolute Gasteiger partial charge is 0.210 e. The number of methoxy groups -OCH3 is 1. The van der Waals surface area contributed by atoms with Crippen LogP contribution in [0.25, 0.3) is 11.4 Å². The van der Waals surface area contributed by atoms with Crippen molar-refractivity contribution < 1.29 is 4.74 Å². The molecule has 0 atom stereocenters. The monoisotopic (exact) mass is 358 g/mol. The first-order valence-corrected chi connectivity index (χ1v) is 9.22. The molecule has 2 heterocycles. The molecule has 0 radical (unpaired) electrons. The number of aromatic nitrogens is 5. The summed E-state index contributed by atoms with van der Waals surface area (Å²) < 4.78 is 8.86. The lowest BCUT2D eigenvalue weighted by Gasteiger charge is -2.07. The maximum Gasteiger partial charge on any atom is 0.210 e. The zero-order valence-corrected chi connectivity index (χ0v) is 15.0. The number of rotatable bonds is 9. The molecule has 3 aromatic rings. The second-order valence-electron chi connectivity index (χ2n) is 5.55. The van der Waals surface area contributed by atoms with E-state index >= 15 is 0 Å². The SMILES string of the molecule is COc1ccccc1-c1nnc(SCCCCCn2cccn2)n1N. The Bertz CT molecular complexity index is 786. The van der Waals surface area contributed by atoms with Gasteiger partial charge >= 0.3 is 0 Å². The van der Waals surface area contributed by atoms with E-state index < -0.39 is 0 Å². The fraction of sp³-hybridized carbons (Fsp3) is 0.353. The summed E-state index contributed by atoms with van der Waals surface area (Å²) in [6.45, 7) is 0.961. The third-order valence-electron chi connectivity index (χ3n) is 3.83. The van der Waals surface area contributed by atoms with Gasteiger partial charge in [0, 0.05) is 24.7 Å². The van der Waals surface area contributed by atoms with Gasteiger partial charge in [0.2, 0.25) is 5.16 Å². The number of ether oxygens (including phenoxy) is 1. The van der Waals surface area contributed by atoms with E-state index in [1.165, 1.54) is 4.68 Å². The summed E-state index contributed by atoms with van der Waals surface area (Å²) in [5.74, 6) is 8.47. The summed E-state index contributed by atoms with van der Waals surface area (Å²) >= 11 is 1.63. The molecule has 1 aromatic carbocycles. The van der Waals surface area contributed by atoms with Gasteiger partial charge in [0.25, 0.3) is 0 Å². The minimum absolute atomic E-state index is 0.610. The Morgan fingerprint density at radius 2 is 2.00 bits per heavy atom. The van der Waals surface area contributed by atoms with Crippen LogP contribution in [0.2, 0.25) is 0 Å². The van der Waals surface area contributed by atoms with Crippen molar-refractivity contribution >= 4 is 11.8 Å². The van der Waals surface area contributed by atoms with Crippen molar-refractivity contribution in [1.29, 1.82) is 0 Å². The van der Waals surface area contributed by atoms with E-state index in [-0.39, 0.29) is 0 Å². The van der Waals surface area contributed by atoms with E-state index in [0.717, 1.165) is 42.9 Å². The van der Waals surface area contributed by atoms with E-state index in [2.05, 4.69) is 15.3 Å². The second-order valence-corrected chi connectivity index (χ2v) is 6.62. The quantitative estimate of drug-likeness (QED) is 0.360. The Labute approximate surface area is 151 Å². The highest BCUT2D eigenvalue weighted by molar-refractivity contribution is 7.99. The molecule has 25 heavy (non-hydrogen) atoms. The Kier molecular flexibility index (Phi) is 5.95. The number of unbranched alkanes of at least 4 members (excludes halogenated alkanes) is 2. The van der Waals surface area contributed by atoms with E-state index in [4.69, 9.17) is 10.6 Å². The summed E-state index contributed by atoms with van der Waals surface area (Å²) in [7, 11) is 1.63. The summed E-state index contributed by atoms with van der Waals surface area (Å²) in [6, 6.07) is 9.60. The van der Waals surface area contributed by atoms with Crippen LogP contribution in [0.1, 0.15) is 19.3 Å². The topological polar surface area (TPSA) is 83.8 Å². The van der Waals surface area contributed by atoms with Crippen molar-refractivity contribution in [3.63, 3.8) is 0 Å². The third-order valence-corrected chi connectivity index (χ3v) is 4.86. The number of aryl methyl sites for hydroxylation is 1. The molecule has 2 N–H and O–H groups in total. The summed E-state index contributed by atoms with van der Waals surface area (Å²) in [4.78, 5) is 0. The maximum absolute atomic E-state index is 6.17. The van der Waals surface area contributed by atoms with Crippen molar-refractivity contribution in [1.82, 2.24) is 24.7 Å². The van der Waals surface area contributed by atoms with Crippen LogP contribution in [0.15, 0.2) is 47.9 Å². The van der Waals surface area contributed by atoms with Crippen LogP contribution < -0.4 is 10.6 Å². The van der Waals surface area contributed by atoms with Crippen LogP contribution in [-0.4, -0.2) is 37.5 Å². The first-order valence-electron chi connectivity index (χ1n) is 8.23. The van der Waals surface area contributed by atoms with Crippen LogP contribution in [0.3, 0.4) is 0 Å². The number of benzene rings is 1. The fourth-order valence-electron chi connectivity index (χ4n) is 2.54. The van der Waals surface area contributed by atoms with Crippen LogP contribution in [0, 0.1) is 0 Å². The van der Waals surface area contributed by atoms with Crippen LogP contribution in [0.4, 0.5) is 0 Å². The number of hydrogen-bond donors (Lipinski definition) is 1. The van der Waals surface area contributed by atoms with Gasteiger partial charge in [-0.2, -0.15) is 5.10 Å². The highest BCUT2D eigenvalue weighted by Crippen LogP contribution is 2.29. The molecule has 2 aromatic heterocycles.